The van der Waals surface area contributed by atoms with E-state index in [1.165, 1.54) is 38.5 Å². The zero-order valence-electron chi connectivity index (χ0n) is 33.1. The molecule has 0 bridgehead atoms. The molecule has 7 nitrogen and oxygen atoms in total. The molecule has 0 aromatic heterocycles. The van der Waals surface area contributed by atoms with Gasteiger partial charge in [0.25, 0.3) is 0 Å². The Labute approximate surface area is 318 Å². The van der Waals surface area contributed by atoms with E-state index >= 15 is 0 Å². The molecule has 0 saturated heterocycles. The first kappa shape index (κ1) is 48.8. The smallest absolute Gasteiger partial charge is 0.326 e. The van der Waals surface area contributed by atoms with Crippen molar-refractivity contribution in [2.75, 3.05) is 6.54 Å². The number of amides is 1. The van der Waals surface area contributed by atoms with Crippen LogP contribution in [0.3, 0.4) is 0 Å². The molecule has 0 aliphatic rings. The van der Waals surface area contributed by atoms with E-state index < -0.39 is 12.0 Å². The van der Waals surface area contributed by atoms with Crippen molar-refractivity contribution in [3.63, 3.8) is 0 Å². The number of hydrogen-bond donors (Lipinski definition) is 3. The lowest BCUT2D eigenvalue weighted by atomic mass is 10.0. The van der Waals surface area contributed by atoms with Crippen molar-refractivity contribution < 1.29 is 24.2 Å². The molecule has 0 aliphatic heterocycles. The summed E-state index contributed by atoms with van der Waals surface area (Å²) in [7, 11) is 0. The van der Waals surface area contributed by atoms with Gasteiger partial charge < -0.3 is 20.9 Å². The second-order valence-corrected chi connectivity index (χ2v) is 13.7. The monoisotopic (exact) mass is 725 g/mol. The van der Waals surface area contributed by atoms with Gasteiger partial charge in [0.15, 0.2) is 0 Å². The van der Waals surface area contributed by atoms with E-state index in [0.717, 1.165) is 89.9 Å². The third-order valence-electron chi connectivity index (χ3n) is 8.80. The summed E-state index contributed by atoms with van der Waals surface area (Å²) in [5.74, 6) is -1.33. The van der Waals surface area contributed by atoms with Crippen molar-refractivity contribution in [2.45, 2.75) is 187 Å². The Morgan fingerprint density at radius 1 is 0.577 bits per heavy atom. The van der Waals surface area contributed by atoms with Gasteiger partial charge in [-0.25, -0.2) is 4.79 Å². The van der Waals surface area contributed by atoms with Crippen molar-refractivity contribution in [2.24, 2.45) is 5.73 Å². The Morgan fingerprint density at radius 3 is 1.52 bits per heavy atom. The average molecular weight is 725 g/mol. The van der Waals surface area contributed by atoms with Gasteiger partial charge in [0.1, 0.15) is 12.1 Å². The number of carbonyl (C=O) groups excluding carboxylic acids is 2. The van der Waals surface area contributed by atoms with E-state index in [2.05, 4.69) is 92.1 Å². The summed E-state index contributed by atoms with van der Waals surface area (Å²) in [6, 6.07) is -0.863. The largest absolute Gasteiger partial charge is 0.480 e. The van der Waals surface area contributed by atoms with Gasteiger partial charge in [-0.3, -0.25) is 9.59 Å². The molecule has 52 heavy (non-hydrogen) atoms. The molecule has 0 aliphatic carbocycles. The van der Waals surface area contributed by atoms with Gasteiger partial charge in [-0.15, -0.1) is 0 Å². The highest BCUT2D eigenvalue weighted by Crippen LogP contribution is 2.18. The van der Waals surface area contributed by atoms with Crippen molar-refractivity contribution >= 4 is 17.8 Å². The Balaban J connectivity index is 4.33. The van der Waals surface area contributed by atoms with Crippen LogP contribution < -0.4 is 11.1 Å². The molecule has 4 N–H and O–H groups in total. The molecule has 296 valence electrons. The zero-order chi connectivity index (χ0) is 38.2. The lowest BCUT2D eigenvalue weighted by Gasteiger charge is -2.18. The molecule has 0 aromatic rings. The van der Waals surface area contributed by atoms with Gasteiger partial charge >= 0.3 is 11.9 Å². The molecule has 2 unspecified atom stereocenters. The second kappa shape index (κ2) is 39.0. The molecule has 0 radical (unpaired) electrons. The number of carbonyl (C=O) groups is 3. The van der Waals surface area contributed by atoms with Gasteiger partial charge in [-0.05, 0) is 96.4 Å². The second-order valence-electron chi connectivity index (χ2n) is 13.7. The van der Waals surface area contributed by atoms with Gasteiger partial charge in [0.2, 0.25) is 5.91 Å². The molecule has 1 amide bonds. The van der Waals surface area contributed by atoms with E-state index in [1.807, 2.05) is 0 Å². The maximum absolute atomic E-state index is 12.7. The van der Waals surface area contributed by atoms with Crippen molar-refractivity contribution in [3.8, 4) is 0 Å². The summed E-state index contributed by atoms with van der Waals surface area (Å²) in [6.45, 7) is 4.79. The quantitative estimate of drug-likeness (QED) is 0.0336. The highest BCUT2D eigenvalue weighted by atomic mass is 16.5. The van der Waals surface area contributed by atoms with Crippen LogP contribution in [0.4, 0.5) is 0 Å². The molecule has 0 rings (SSSR count). The number of rotatable bonds is 36. The minimum absolute atomic E-state index is 0.0272. The fourth-order valence-corrected chi connectivity index (χ4v) is 5.71. The van der Waals surface area contributed by atoms with Gasteiger partial charge in [0.05, 0.1) is 0 Å². The number of aliphatic carboxylic acids is 1. The maximum atomic E-state index is 12.7. The first-order chi connectivity index (χ1) is 25.4. The van der Waals surface area contributed by atoms with E-state index in [-0.39, 0.29) is 18.0 Å². The fourth-order valence-electron chi connectivity index (χ4n) is 5.71. The highest BCUT2D eigenvalue weighted by molar-refractivity contribution is 5.83. The average Bonchev–Trinajstić information content (AvgIpc) is 3.13. The molecule has 2 atom stereocenters. The van der Waals surface area contributed by atoms with Crippen molar-refractivity contribution in [3.05, 3.63) is 72.9 Å². The molecule has 0 fully saturated rings. The maximum Gasteiger partial charge on any atom is 0.326 e. The van der Waals surface area contributed by atoms with Crippen molar-refractivity contribution in [1.82, 2.24) is 5.32 Å². The van der Waals surface area contributed by atoms with E-state index in [1.54, 1.807) is 0 Å². The Kier molecular flexibility index (Phi) is 36.6. The minimum Gasteiger partial charge on any atom is -0.480 e. The van der Waals surface area contributed by atoms with Crippen molar-refractivity contribution in [1.29, 1.82) is 0 Å². The summed E-state index contributed by atoms with van der Waals surface area (Å²) >= 11 is 0. The molecular weight excluding hydrogens is 649 g/mol. The summed E-state index contributed by atoms with van der Waals surface area (Å²) in [5.41, 5.74) is 5.47. The molecule has 0 heterocycles. The lowest BCUT2D eigenvalue weighted by Crippen LogP contribution is -2.40. The van der Waals surface area contributed by atoms with Crippen LogP contribution >= 0.6 is 0 Å². The van der Waals surface area contributed by atoms with Crippen LogP contribution in [0.25, 0.3) is 0 Å². The van der Waals surface area contributed by atoms with Crippen LogP contribution in [0.5, 0.6) is 0 Å². The predicted molar refractivity (Wildman–Crippen MR) is 220 cm³/mol. The minimum atomic E-state index is -1.01. The number of allylic oxidation sites excluding steroid dienone is 12. The summed E-state index contributed by atoms with van der Waals surface area (Å²) < 4.78 is 5.96. The first-order valence-corrected chi connectivity index (χ1v) is 20.8. The first-order valence-electron chi connectivity index (χ1n) is 20.8. The third kappa shape index (κ3) is 35.2. The van der Waals surface area contributed by atoms with Crippen LogP contribution in [-0.4, -0.2) is 41.6 Å². The van der Waals surface area contributed by atoms with Crippen LogP contribution in [-0.2, 0) is 19.1 Å². The predicted octanol–water partition coefficient (Wildman–Crippen LogP) is 11.6. The third-order valence-corrected chi connectivity index (χ3v) is 8.80. The molecule has 0 spiro atoms. The zero-order valence-corrected chi connectivity index (χ0v) is 33.1. The van der Waals surface area contributed by atoms with Crippen LogP contribution in [0.1, 0.15) is 174 Å². The SMILES string of the molecule is CC/C=C\C/C=C\C/C=C\C/C=C\C/C=C\C/C=C\CCC(=O)OC(CCCCCCCCC)CCCCCCCC(=O)NC(CCCN)C(=O)O. The van der Waals surface area contributed by atoms with E-state index in [0.29, 0.717) is 38.6 Å². The molecule has 7 heteroatoms. The molecule has 0 saturated carbocycles. The van der Waals surface area contributed by atoms with E-state index in [4.69, 9.17) is 10.5 Å². The van der Waals surface area contributed by atoms with Gasteiger partial charge in [-0.1, -0.05) is 145 Å². The normalized spacial score (nSPS) is 13.4. The number of nitrogens with one attached hydrogen (secondary N) is 1. The number of carboxylic acids is 1. The Morgan fingerprint density at radius 2 is 1.04 bits per heavy atom. The van der Waals surface area contributed by atoms with Gasteiger partial charge in [-0.2, -0.15) is 0 Å². The standard InChI is InChI=1S/C45H76N2O5/c1-3-5-7-9-11-12-13-14-15-16-17-18-19-20-21-22-24-29-33-39-44(49)52-41(35-30-26-23-10-8-6-4-2)36-31-27-25-28-32-38-43(48)47-42(45(50)51)37-34-40-46/h5,7,11-12,14-15,17-18,20-21,24,29,41-42H,3-4,6,8-10,13,16,19,22-23,25-28,30-40,46H2,1-2H3,(H,47,48)(H,50,51)/b7-5-,12-11-,15-14-,18-17-,21-20-,29-24-. The number of ether oxygens (including phenoxy) is 1. The van der Waals surface area contributed by atoms with Crippen LogP contribution in [0.2, 0.25) is 0 Å². The highest BCUT2D eigenvalue weighted by Gasteiger charge is 2.19. The van der Waals surface area contributed by atoms with Crippen LogP contribution in [0, 0.1) is 0 Å². The Hall–Kier alpha value is -3.19. The fraction of sp³-hybridized carbons (Fsp3) is 0.667. The van der Waals surface area contributed by atoms with Crippen LogP contribution in [0.15, 0.2) is 72.9 Å². The summed E-state index contributed by atoms with van der Waals surface area (Å²) in [6.07, 6.45) is 49.5. The summed E-state index contributed by atoms with van der Waals surface area (Å²) in [4.78, 5) is 36.2. The number of esters is 1. The van der Waals surface area contributed by atoms with Gasteiger partial charge in [0, 0.05) is 12.8 Å². The Bertz CT molecular complexity index is 1040. The van der Waals surface area contributed by atoms with E-state index in [9.17, 15) is 19.5 Å². The topological polar surface area (TPSA) is 119 Å². The summed E-state index contributed by atoms with van der Waals surface area (Å²) in [5, 5.41) is 11.9. The lowest BCUT2D eigenvalue weighted by molar-refractivity contribution is -0.149. The molecule has 0 aromatic carbocycles. The number of carboxylic acid groups (broad SMARTS) is 1. The number of hydrogen-bond acceptors (Lipinski definition) is 5. The molecular formula is C45H76N2O5. The number of unbranched alkanes of at least 4 members (excludes halogenated alkanes) is 10. The number of nitrogens with two attached hydrogens (primary N) is 1.